The van der Waals surface area contributed by atoms with E-state index >= 15 is 0 Å². The van der Waals surface area contributed by atoms with Crippen LogP contribution in [-0.2, 0) is 16.1 Å². The molecule has 0 aromatic carbocycles. The van der Waals surface area contributed by atoms with Crippen molar-refractivity contribution in [1.82, 2.24) is 34.3 Å². The summed E-state index contributed by atoms with van der Waals surface area (Å²) in [4.78, 5) is 31.6. The summed E-state index contributed by atoms with van der Waals surface area (Å²) < 4.78 is 33.7. The first-order valence-electron chi connectivity index (χ1n) is 11.0. The molecule has 1 aliphatic heterocycles. The molecule has 0 bridgehead atoms. The summed E-state index contributed by atoms with van der Waals surface area (Å²) in [5.74, 6) is 0.607. The van der Waals surface area contributed by atoms with Crippen LogP contribution in [0, 0.1) is 0 Å². The Bertz CT molecular complexity index is 1380. The zero-order valence-corrected chi connectivity index (χ0v) is 19.0. The van der Waals surface area contributed by atoms with Crippen LogP contribution in [0.1, 0.15) is 12.2 Å². The van der Waals surface area contributed by atoms with E-state index in [2.05, 4.69) is 42.2 Å². The molecule has 1 fully saturated rings. The molecule has 0 aliphatic carbocycles. The molecule has 0 saturated carbocycles. The highest BCUT2D eigenvalue weighted by Crippen LogP contribution is 2.26. The van der Waals surface area contributed by atoms with Crippen LogP contribution in [0.4, 0.5) is 26.2 Å². The second kappa shape index (κ2) is 10.0. The number of rotatable bonds is 8. The lowest BCUT2D eigenvalue weighted by molar-refractivity contribution is -0.111. The number of carbonyl (C=O) groups excluding carboxylic acids is 1. The van der Waals surface area contributed by atoms with Crippen LogP contribution in [0.15, 0.2) is 49.7 Å². The van der Waals surface area contributed by atoms with Crippen molar-refractivity contribution in [3.63, 3.8) is 0 Å². The Balaban J connectivity index is 1.45. The smallest absolute Gasteiger partial charge is 0.333 e. The van der Waals surface area contributed by atoms with Crippen molar-refractivity contribution in [2.75, 3.05) is 41.8 Å². The van der Waals surface area contributed by atoms with E-state index in [1.807, 2.05) is 4.90 Å². The summed E-state index contributed by atoms with van der Waals surface area (Å²) in [5, 5.41) is 9.61. The van der Waals surface area contributed by atoms with Crippen LogP contribution in [0.2, 0.25) is 0 Å². The molecule has 1 amide bonds. The molecule has 1 aliphatic rings. The molecule has 186 valence electrons. The fraction of sp³-hybridized carbons (Fsp3) is 0.273. The zero-order chi connectivity index (χ0) is 25.1. The summed E-state index contributed by atoms with van der Waals surface area (Å²) in [6.07, 6.45) is 6.78. The third kappa shape index (κ3) is 4.84. The molecule has 2 N–H and O–H groups in total. The second-order valence-electron chi connectivity index (χ2n) is 7.80. The largest absolute Gasteiger partial charge is 0.378 e. The van der Waals surface area contributed by atoms with Crippen LogP contribution >= 0.6 is 0 Å². The summed E-state index contributed by atoms with van der Waals surface area (Å²) in [6.45, 7) is 3.30. The number of halogens is 2. The SMILES string of the molecule is C=CC(=O)Nc1ccc(CNc2nc(N3CCOCC3)nc3c2ncn3-c2cnn(C(F)F)c2)nc1. The van der Waals surface area contributed by atoms with Gasteiger partial charge in [-0.1, -0.05) is 6.58 Å². The summed E-state index contributed by atoms with van der Waals surface area (Å²) in [5.41, 5.74) is 2.55. The number of hydrogen-bond acceptors (Lipinski definition) is 9. The molecule has 36 heavy (non-hydrogen) atoms. The van der Waals surface area contributed by atoms with Gasteiger partial charge in [0, 0.05) is 13.1 Å². The molecule has 14 heteroatoms. The van der Waals surface area contributed by atoms with E-state index in [0.29, 0.717) is 77.5 Å². The minimum Gasteiger partial charge on any atom is -0.378 e. The van der Waals surface area contributed by atoms with Crippen molar-refractivity contribution >= 4 is 34.5 Å². The standard InChI is InChI=1S/C22H22F2N10O2/c1-2-17(35)29-15-4-3-14(25-10-15)9-26-19-18-20(31-22(30-19)32-5-7-36-8-6-32)33(13-27-18)16-11-28-34(12-16)21(23)24/h2-4,10-13,21H,1,5-9H2,(H,29,35)(H,26,30,31). The number of anilines is 3. The number of aromatic nitrogens is 7. The molecule has 0 radical (unpaired) electrons. The van der Waals surface area contributed by atoms with Crippen molar-refractivity contribution in [3.05, 3.63) is 55.4 Å². The van der Waals surface area contributed by atoms with E-state index in [4.69, 9.17) is 4.74 Å². The molecule has 5 heterocycles. The van der Waals surface area contributed by atoms with Gasteiger partial charge >= 0.3 is 6.55 Å². The predicted molar refractivity (Wildman–Crippen MR) is 127 cm³/mol. The number of imidazole rings is 1. The maximum absolute atomic E-state index is 13.1. The number of ether oxygens (including phenoxy) is 1. The first kappa shape index (κ1) is 23.3. The van der Waals surface area contributed by atoms with Gasteiger partial charge < -0.3 is 20.3 Å². The molecule has 0 spiro atoms. The third-order valence-corrected chi connectivity index (χ3v) is 5.46. The Morgan fingerprint density at radius 3 is 2.72 bits per heavy atom. The van der Waals surface area contributed by atoms with Crippen LogP contribution in [0.25, 0.3) is 16.9 Å². The average Bonchev–Trinajstić information content (AvgIpc) is 3.56. The van der Waals surface area contributed by atoms with Gasteiger partial charge in [0.25, 0.3) is 0 Å². The lowest BCUT2D eigenvalue weighted by atomic mass is 10.3. The summed E-state index contributed by atoms with van der Waals surface area (Å²) in [6, 6.07) is 3.50. The molecule has 4 aromatic heterocycles. The number of nitrogens with one attached hydrogen (secondary N) is 2. The normalized spacial score (nSPS) is 13.8. The Kier molecular flexibility index (Phi) is 6.49. The van der Waals surface area contributed by atoms with E-state index in [1.165, 1.54) is 24.8 Å². The molecule has 1 saturated heterocycles. The molecule has 0 atom stereocenters. The minimum absolute atomic E-state index is 0.320. The topological polar surface area (TPSA) is 128 Å². The van der Waals surface area contributed by atoms with Crippen molar-refractivity contribution < 1.29 is 18.3 Å². The number of carbonyl (C=O) groups is 1. The van der Waals surface area contributed by atoms with Crippen molar-refractivity contribution in [3.8, 4) is 5.69 Å². The fourth-order valence-electron chi connectivity index (χ4n) is 3.64. The van der Waals surface area contributed by atoms with Gasteiger partial charge in [0.2, 0.25) is 11.9 Å². The van der Waals surface area contributed by atoms with E-state index in [-0.39, 0.29) is 5.91 Å². The molecule has 12 nitrogen and oxygen atoms in total. The maximum Gasteiger partial charge on any atom is 0.333 e. The Hall–Kier alpha value is -4.46. The van der Waals surface area contributed by atoms with E-state index < -0.39 is 6.55 Å². The van der Waals surface area contributed by atoms with Gasteiger partial charge in [-0.3, -0.25) is 14.3 Å². The van der Waals surface area contributed by atoms with Gasteiger partial charge in [0.05, 0.1) is 55.4 Å². The Morgan fingerprint density at radius 1 is 1.19 bits per heavy atom. The molecule has 5 rings (SSSR count). The predicted octanol–water partition coefficient (Wildman–Crippen LogP) is 2.38. The molecular formula is C22H22F2N10O2. The number of alkyl halides is 2. The van der Waals surface area contributed by atoms with Crippen molar-refractivity contribution in [2.45, 2.75) is 13.1 Å². The van der Waals surface area contributed by atoms with Crippen LogP contribution in [0.5, 0.6) is 0 Å². The maximum atomic E-state index is 13.1. The number of fused-ring (bicyclic) bond motifs is 1. The number of nitrogens with zero attached hydrogens (tertiary/aromatic N) is 8. The molecule has 0 unspecified atom stereocenters. The number of pyridine rings is 1. The average molecular weight is 496 g/mol. The minimum atomic E-state index is -2.76. The summed E-state index contributed by atoms with van der Waals surface area (Å²) >= 11 is 0. The van der Waals surface area contributed by atoms with Crippen molar-refractivity contribution in [2.24, 2.45) is 0 Å². The van der Waals surface area contributed by atoms with E-state index in [9.17, 15) is 13.6 Å². The number of amides is 1. The van der Waals surface area contributed by atoms with Gasteiger partial charge in [-0.2, -0.15) is 23.8 Å². The van der Waals surface area contributed by atoms with E-state index in [0.717, 1.165) is 0 Å². The molecule has 4 aromatic rings. The zero-order valence-electron chi connectivity index (χ0n) is 19.0. The first-order valence-corrected chi connectivity index (χ1v) is 11.0. The number of hydrogen-bond donors (Lipinski definition) is 2. The highest BCUT2D eigenvalue weighted by atomic mass is 19.3. The quantitative estimate of drug-likeness (QED) is 0.353. The monoisotopic (exact) mass is 496 g/mol. The van der Waals surface area contributed by atoms with Crippen molar-refractivity contribution in [1.29, 1.82) is 0 Å². The lowest BCUT2D eigenvalue weighted by Gasteiger charge is -2.27. The van der Waals surface area contributed by atoms with Gasteiger partial charge in [0.1, 0.15) is 6.33 Å². The van der Waals surface area contributed by atoms with Crippen LogP contribution in [-0.4, -0.2) is 66.5 Å². The van der Waals surface area contributed by atoms with Crippen LogP contribution < -0.4 is 15.5 Å². The Labute approximate surface area is 203 Å². The van der Waals surface area contributed by atoms with Gasteiger partial charge in [-0.05, 0) is 18.2 Å². The van der Waals surface area contributed by atoms with Crippen LogP contribution in [0.3, 0.4) is 0 Å². The number of morpholine rings is 1. The summed E-state index contributed by atoms with van der Waals surface area (Å²) in [7, 11) is 0. The highest BCUT2D eigenvalue weighted by Gasteiger charge is 2.21. The Morgan fingerprint density at radius 2 is 2.03 bits per heavy atom. The van der Waals surface area contributed by atoms with E-state index in [1.54, 1.807) is 22.9 Å². The molecular weight excluding hydrogens is 474 g/mol. The third-order valence-electron chi connectivity index (χ3n) is 5.46. The fourth-order valence-corrected chi connectivity index (χ4v) is 3.64. The lowest BCUT2D eigenvalue weighted by Crippen LogP contribution is -2.37. The first-order chi connectivity index (χ1) is 17.5. The highest BCUT2D eigenvalue weighted by molar-refractivity contribution is 5.98. The van der Waals surface area contributed by atoms with Gasteiger partial charge in [-0.25, -0.2) is 9.67 Å². The van der Waals surface area contributed by atoms with Gasteiger partial charge in [-0.15, -0.1) is 0 Å². The van der Waals surface area contributed by atoms with Gasteiger partial charge in [0.15, 0.2) is 17.0 Å². The second-order valence-corrected chi connectivity index (χ2v) is 7.80.